The monoisotopic (exact) mass is 471 g/mol. The summed E-state index contributed by atoms with van der Waals surface area (Å²) in [6, 6.07) is 0. The average Bonchev–Trinajstić information content (AvgIpc) is 2.53. The molecule has 0 saturated heterocycles. The molecule has 0 spiro atoms. The van der Waals surface area contributed by atoms with Gasteiger partial charge in [-0.1, -0.05) is 125 Å². The van der Waals surface area contributed by atoms with Crippen molar-refractivity contribution < 1.29 is 0 Å². The summed E-state index contributed by atoms with van der Waals surface area (Å²) in [5.41, 5.74) is 0. The first-order valence-electron chi connectivity index (χ1n) is 9.80. The van der Waals surface area contributed by atoms with Gasteiger partial charge in [0.15, 0.2) is 0 Å². The number of thiol groups is 1. The molecule has 0 radical (unpaired) electrons. The van der Waals surface area contributed by atoms with E-state index in [1.807, 2.05) is 0 Å². The summed E-state index contributed by atoms with van der Waals surface area (Å²) in [5.74, 6) is 0. The lowest BCUT2D eigenvalue weighted by Gasteiger charge is -2.04. The van der Waals surface area contributed by atoms with Gasteiger partial charge < -0.3 is 5.32 Å². The van der Waals surface area contributed by atoms with E-state index < -0.39 is 0 Å². The van der Waals surface area contributed by atoms with Crippen LogP contribution in [-0.2, 0) is 0 Å². The molecule has 1 nitrogen and oxygen atoms in total. The fourth-order valence-corrected chi connectivity index (χ4v) is 3.64. The second-order valence-corrected chi connectivity index (χ2v) is 8.81. The number of rotatable bonds is 18. The highest BCUT2D eigenvalue weighted by molar-refractivity contribution is 14.1. The number of thiocarbonyl (C=S) groups is 1. The van der Waals surface area contributed by atoms with Crippen LogP contribution in [0.25, 0.3) is 0 Å². The molecule has 0 saturated carbocycles. The van der Waals surface area contributed by atoms with E-state index in [2.05, 4.69) is 40.5 Å². The van der Waals surface area contributed by atoms with Gasteiger partial charge in [-0.3, -0.25) is 0 Å². The molecule has 138 valence electrons. The number of hydrogen-bond donors (Lipinski definition) is 2. The Bertz CT molecular complexity index is 250. The third-order valence-electron chi connectivity index (χ3n) is 4.34. The van der Waals surface area contributed by atoms with Gasteiger partial charge in [-0.25, -0.2) is 0 Å². The Morgan fingerprint density at radius 2 is 0.913 bits per heavy atom. The van der Waals surface area contributed by atoms with Crippen LogP contribution >= 0.6 is 47.4 Å². The lowest BCUT2D eigenvalue weighted by atomic mass is 10.0. The first-order valence-corrected chi connectivity index (χ1v) is 12.2. The van der Waals surface area contributed by atoms with Crippen molar-refractivity contribution in [3.63, 3.8) is 0 Å². The van der Waals surface area contributed by atoms with Gasteiger partial charge in [0.05, 0.1) is 0 Å². The second kappa shape index (κ2) is 21.0. The van der Waals surface area contributed by atoms with Gasteiger partial charge >= 0.3 is 0 Å². The molecule has 0 heterocycles. The van der Waals surface area contributed by atoms with E-state index in [9.17, 15) is 0 Å². The summed E-state index contributed by atoms with van der Waals surface area (Å²) in [6.07, 6.45) is 22.7. The van der Waals surface area contributed by atoms with E-state index in [0.717, 1.165) is 6.54 Å². The van der Waals surface area contributed by atoms with Crippen molar-refractivity contribution in [1.29, 1.82) is 0 Å². The molecule has 0 aromatic rings. The third-order valence-corrected chi connectivity index (χ3v) is 5.40. The predicted molar refractivity (Wildman–Crippen MR) is 122 cm³/mol. The highest BCUT2D eigenvalue weighted by Crippen LogP contribution is 2.13. The molecular weight excluding hydrogens is 433 g/mol. The first kappa shape index (κ1) is 24.0. The molecule has 0 aliphatic heterocycles. The smallest absolute Gasteiger partial charge is 0.130 e. The molecule has 0 aliphatic carbocycles. The molecule has 0 atom stereocenters. The number of halogens is 1. The van der Waals surface area contributed by atoms with Crippen molar-refractivity contribution >= 4 is 51.8 Å². The van der Waals surface area contributed by atoms with E-state index in [1.54, 1.807) is 0 Å². The molecule has 0 unspecified atom stereocenters. The Morgan fingerprint density at radius 1 is 0.609 bits per heavy atom. The van der Waals surface area contributed by atoms with Crippen molar-refractivity contribution in [2.75, 3.05) is 11.0 Å². The lowest BCUT2D eigenvalue weighted by Crippen LogP contribution is -2.17. The summed E-state index contributed by atoms with van der Waals surface area (Å²) < 4.78 is 1.96. The molecule has 0 amide bonds. The van der Waals surface area contributed by atoms with Gasteiger partial charge in [-0.05, 0) is 17.3 Å². The number of unbranched alkanes of at least 4 members (excludes halogenated alkanes) is 15. The van der Waals surface area contributed by atoms with Crippen LogP contribution in [0.15, 0.2) is 0 Å². The van der Waals surface area contributed by atoms with E-state index in [0.29, 0.717) is 4.32 Å². The zero-order chi connectivity index (χ0) is 17.0. The Morgan fingerprint density at radius 3 is 1.22 bits per heavy atom. The van der Waals surface area contributed by atoms with Crippen molar-refractivity contribution in [3.05, 3.63) is 0 Å². The Kier molecular flexibility index (Phi) is 21.9. The van der Waals surface area contributed by atoms with Gasteiger partial charge in [0.2, 0.25) is 0 Å². The van der Waals surface area contributed by atoms with E-state index in [1.165, 1.54) is 107 Å². The van der Waals surface area contributed by atoms with Gasteiger partial charge in [0.25, 0.3) is 0 Å². The maximum absolute atomic E-state index is 4.86. The van der Waals surface area contributed by atoms with Crippen LogP contribution < -0.4 is 5.32 Å². The van der Waals surface area contributed by atoms with E-state index in [-0.39, 0.29) is 0 Å². The summed E-state index contributed by atoms with van der Waals surface area (Å²) in [4.78, 5) is 0. The maximum atomic E-state index is 4.86. The van der Waals surface area contributed by atoms with E-state index in [4.69, 9.17) is 12.2 Å². The van der Waals surface area contributed by atoms with Crippen molar-refractivity contribution in [3.8, 4) is 0 Å². The van der Waals surface area contributed by atoms with Gasteiger partial charge in [-0.15, -0.1) is 12.6 Å². The standard InChI is InChI=1S/C19H38INS2/c20-17-15-13-11-9-7-5-3-1-2-4-6-8-10-12-14-16-18-21-19(22)23/h1-18H2,(H2,21,22,23). The summed E-state index contributed by atoms with van der Waals surface area (Å²) in [5, 5.41) is 3.09. The Labute approximate surface area is 170 Å². The summed E-state index contributed by atoms with van der Waals surface area (Å²) >= 11 is 11.4. The van der Waals surface area contributed by atoms with Crippen molar-refractivity contribution in [1.82, 2.24) is 5.32 Å². The molecule has 0 fully saturated rings. The molecule has 0 aromatic carbocycles. The van der Waals surface area contributed by atoms with E-state index >= 15 is 0 Å². The minimum absolute atomic E-state index is 0.626. The van der Waals surface area contributed by atoms with Crippen LogP contribution in [-0.4, -0.2) is 15.3 Å². The van der Waals surface area contributed by atoms with Crippen molar-refractivity contribution in [2.24, 2.45) is 0 Å². The molecule has 0 aromatic heterocycles. The zero-order valence-electron chi connectivity index (χ0n) is 15.0. The Balaban J connectivity index is 2.96. The fraction of sp³-hybridized carbons (Fsp3) is 0.947. The fourth-order valence-electron chi connectivity index (χ4n) is 2.89. The molecule has 4 heteroatoms. The first-order chi connectivity index (χ1) is 11.3. The molecule has 0 aliphatic rings. The summed E-state index contributed by atoms with van der Waals surface area (Å²) in [6.45, 7) is 0.987. The minimum atomic E-state index is 0.626. The molecular formula is C19H38INS2. The SMILES string of the molecule is S=C(S)NCCCCCCCCCCCCCCCCCCI. The van der Waals surface area contributed by atoms with Crippen LogP contribution in [0.1, 0.15) is 103 Å². The molecule has 23 heavy (non-hydrogen) atoms. The van der Waals surface area contributed by atoms with Gasteiger partial charge in [0.1, 0.15) is 4.32 Å². The van der Waals surface area contributed by atoms with Crippen LogP contribution in [0.3, 0.4) is 0 Å². The number of alkyl halides is 1. The average molecular weight is 472 g/mol. The topological polar surface area (TPSA) is 12.0 Å². The second-order valence-electron chi connectivity index (χ2n) is 6.58. The van der Waals surface area contributed by atoms with Crippen LogP contribution in [0.4, 0.5) is 0 Å². The van der Waals surface area contributed by atoms with Gasteiger partial charge in [-0.2, -0.15) is 0 Å². The Hall–Kier alpha value is 0.970. The number of hydrogen-bond acceptors (Lipinski definition) is 1. The van der Waals surface area contributed by atoms with Crippen molar-refractivity contribution in [2.45, 2.75) is 103 Å². The number of nitrogens with one attached hydrogen (secondary N) is 1. The van der Waals surface area contributed by atoms with Crippen LogP contribution in [0.2, 0.25) is 0 Å². The maximum Gasteiger partial charge on any atom is 0.130 e. The molecule has 0 bridgehead atoms. The normalized spacial score (nSPS) is 10.9. The zero-order valence-corrected chi connectivity index (χ0v) is 18.8. The molecule has 0 rings (SSSR count). The van der Waals surface area contributed by atoms with Gasteiger partial charge in [0, 0.05) is 6.54 Å². The third kappa shape index (κ3) is 23.0. The van der Waals surface area contributed by atoms with Crippen LogP contribution in [0, 0.1) is 0 Å². The highest BCUT2D eigenvalue weighted by atomic mass is 127. The largest absolute Gasteiger partial charge is 0.371 e. The highest BCUT2D eigenvalue weighted by Gasteiger charge is 1.95. The predicted octanol–water partition coefficient (Wildman–Crippen LogP) is 7.47. The molecule has 1 N–H and O–H groups in total. The van der Waals surface area contributed by atoms with Crippen LogP contribution in [0.5, 0.6) is 0 Å². The quantitative estimate of drug-likeness (QED) is 0.0707. The minimum Gasteiger partial charge on any atom is -0.371 e. The summed E-state index contributed by atoms with van der Waals surface area (Å²) in [7, 11) is 0. The lowest BCUT2D eigenvalue weighted by molar-refractivity contribution is 0.529.